The molecule has 0 bridgehead atoms. The molecule has 0 aromatic rings. The van der Waals surface area contributed by atoms with Crippen LogP contribution in [0.2, 0.25) is 0 Å². The van der Waals surface area contributed by atoms with Crippen molar-refractivity contribution >= 4 is 11.8 Å². The number of hydrogen-bond donors (Lipinski definition) is 16. The molecule has 0 saturated carbocycles. The van der Waals surface area contributed by atoms with Crippen molar-refractivity contribution in [3.63, 3.8) is 0 Å². The van der Waals surface area contributed by atoms with Gasteiger partial charge in [-0.3, -0.25) is 0 Å². The summed E-state index contributed by atoms with van der Waals surface area (Å²) in [4.78, 5) is 0. The zero-order chi connectivity index (χ0) is 48.9. The third-order valence-electron chi connectivity index (χ3n) is 14.4. The van der Waals surface area contributed by atoms with Gasteiger partial charge in [0, 0.05) is 5.75 Å². The molecule has 4 rings (SSSR count). The molecule has 0 amide bonds. The monoisotopic (exact) mass is 979 g/mol. The van der Waals surface area contributed by atoms with E-state index in [2.05, 4.69) is 6.92 Å². The van der Waals surface area contributed by atoms with E-state index in [-0.39, 0.29) is 6.61 Å². The molecule has 1 unspecified atom stereocenters. The Morgan fingerprint density at radius 2 is 1.11 bits per heavy atom. The summed E-state index contributed by atoms with van der Waals surface area (Å²) in [5.41, 5.74) is -16.6. The summed E-state index contributed by atoms with van der Waals surface area (Å²) < 4.78 is 27.5. The van der Waals surface area contributed by atoms with E-state index in [4.69, 9.17) is 23.7 Å². The van der Waals surface area contributed by atoms with Crippen molar-refractivity contribution < 1.29 is 105 Å². The maximum atomic E-state index is 12.4. The Kier molecular flexibility index (Phi) is 23.1. The van der Waals surface area contributed by atoms with E-state index in [1.165, 1.54) is 88.8 Å². The summed E-state index contributed by atoms with van der Waals surface area (Å²) in [6.45, 7) is -4.33. The van der Waals surface area contributed by atoms with E-state index < -0.39 is 147 Å². The van der Waals surface area contributed by atoms with Crippen molar-refractivity contribution in [3.8, 4) is 0 Å². The Hall–Kier alpha value is -0.490. The SMILES string of the molecule is CCCCCCCCCCCCCCCCCCSCCO[C@H]1O[C@H](CO)[C@@H](O)[C@H](O)[C@]1(O)[C@]1(O)[C@@H](CO)OC[C@@](O)(C(O)[C@H]2OC[C@@](O)([C@@]3(O)[C@H](O)[C@@H](O)CO[C@@H]3CO)[C@@H](O)[C@@H]2O)[C@H]1O. The quantitative estimate of drug-likeness (QED) is 0.0337. The van der Waals surface area contributed by atoms with Crippen molar-refractivity contribution in [2.24, 2.45) is 0 Å². The van der Waals surface area contributed by atoms with Crippen LogP contribution < -0.4 is 0 Å². The van der Waals surface area contributed by atoms with Gasteiger partial charge in [0.15, 0.2) is 28.7 Å². The molecule has 66 heavy (non-hydrogen) atoms. The summed E-state index contributed by atoms with van der Waals surface area (Å²) in [6.07, 6.45) is -10.0. The zero-order valence-corrected chi connectivity index (χ0v) is 39.1. The van der Waals surface area contributed by atoms with Gasteiger partial charge in [0.2, 0.25) is 0 Å². The highest BCUT2D eigenvalue weighted by Gasteiger charge is 2.77. The first-order valence-electron chi connectivity index (χ1n) is 23.9. The van der Waals surface area contributed by atoms with Crippen molar-refractivity contribution in [3.05, 3.63) is 0 Å². The Balaban J connectivity index is 1.36. The average Bonchev–Trinajstić information content (AvgIpc) is 3.30. The molecule has 0 aliphatic carbocycles. The first-order valence-corrected chi connectivity index (χ1v) is 25.1. The first kappa shape index (κ1) is 58.1. The van der Waals surface area contributed by atoms with Gasteiger partial charge < -0.3 is 105 Å². The van der Waals surface area contributed by atoms with Gasteiger partial charge in [0.05, 0.1) is 46.2 Å². The minimum Gasteiger partial charge on any atom is -0.394 e. The summed E-state index contributed by atoms with van der Waals surface area (Å²) >= 11 is 1.50. The number of aliphatic hydroxyl groups excluding tert-OH is 11. The van der Waals surface area contributed by atoms with Crippen LogP contribution in [-0.4, -0.2) is 247 Å². The number of rotatable bonds is 28. The van der Waals surface area contributed by atoms with Gasteiger partial charge in [-0.05, 0) is 12.2 Å². The van der Waals surface area contributed by atoms with E-state index in [0.717, 1.165) is 31.4 Å². The van der Waals surface area contributed by atoms with Gasteiger partial charge in [-0.2, -0.15) is 11.8 Å². The fourth-order valence-corrected chi connectivity index (χ4v) is 10.9. The van der Waals surface area contributed by atoms with E-state index >= 15 is 0 Å². The smallest absolute Gasteiger partial charge is 0.192 e. The van der Waals surface area contributed by atoms with Crippen molar-refractivity contribution in [1.29, 1.82) is 0 Å². The van der Waals surface area contributed by atoms with Crippen molar-refractivity contribution in [2.75, 3.05) is 57.8 Å². The molecule has 4 heterocycles. The maximum Gasteiger partial charge on any atom is 0.192 e. The Morgan fingerprint density at radius 1 is 0.576 bits per heavy atom. The minimum atomic E-state index is -3.55. The summed E-state index contributed by atoms with van der Waals surface area (Å²) in [5.74, 6) is 1.05. The van der Waals surface area contributed by atoms with Crippen molar-refractivity contribution in [1.82, 2.24) is 0 Å². The molecule has 4 fully saturated rings. The van der Waals surface area contributed by atoms with Gasteiger partial charge in [-0.25, -0.2) is 0 Å². The summed E-state index contributed by atoms with van der Waals surface area (Å²) in [6, 6.07) is 0. The third kappa shape index (κ3) is 11.9. The van der Waals surface area contributed by atoms with Gasteiger partial charge in [0.1, 0.15) is 78.8 Å². The van der Waals surface area contributed by atoms with Gasteiger partial charge in [-0.15, -0.1) is 0 Å². The molecule has 0 radical (unpaired) electrons. The Bertz CT molecular complexity index is 1390. The number of aliphatic hydroxyl groups is 16. The second-order valence-corrected chi connectivity index (χ2v) is 20.1. The zero-order valence-electron chi connectivity index (χ0n) is 38.3. The lowest BCUT2D eigenvalue weighted by molar-refractivity contribution is -0.427. The molecule has 0 aromatic carbocycles. The lowest BCUT2D eigenvalue weighted by Gasteiger charge is -2.62. The fraction of sp³-hybridized carbons (Fsp3) is 1.00. The molecule has 4 aliphatic heterocycles. The van der Waals surface area contributed by atoms with E-state index in [1.807, 2.05) is 0 Å². The first-order chi connectivity index (χ1) is 31.3. The molecule has 4 saturated heterocycles. The highest BCUT2D eigenvalue weighted by molar-refractivity contribution is 7.99. The van der Waals surface area contributed by atoms with Gasteiger partial charge in [0.25, 0.3) is 0 Å². The van der Waals surface area contributed by atoms with Crippen LogP contribution in [0, 0.1) is 0 Å². The van der Waals surface area contributed by atoms with Crippen LogP contribution in [0.25, 0.3) is 0 Å². The number of unbranched alkanes of at least 4 members (excludes halogenated alkanes) is 15. The lowest BCUT2D eigenvalue weighted by atomic mass is 9.61. The van der Waals surface area contributed by atoms with Crippen LogP contribution in [0.15, 0.2) is 0 Å². The van der Waals surface area contributed by atoms with Crippen molar-refractivity contribution in [2.45, 2.75) is 217 Å². The Labute approximate surface area is 391 Å². The average molecular weight is 979 g/mol. The summed E-state index contributed by atoms with van der Waals surface area (Å²) in [5, 5.41) is 179. The highest BCUT2D eigenvalue weighted by Crippen LogP contribution is 2.50. The van der Waals surface area contributed by atoms with Crippen LogP contribution in [0.3, 0.4) is 0 Å². The van der Waals surface area contributed by atoms with Gasteiger partial charge >= 0.3 is 0 Å². The minimum absolute atomic E-state index is 0.218. The number of hydrogen-bond acceptors (Lipinski definition) is 22. The highest BCUT2D eigenvalue weighted by atomic mass is 32.2. The molecule has 22 heteroatoms. The largest absolute Gasteiger partial charge is 0.394 e. The topological polar surface area (TPSA) is 370 Å². The lowest BCUT2D eigenvalue weighted by Crippen LogP contribution is -2.87. The van der Waals surface area contributed by atoms with E-state index in [1.54, 1.807) is 0 Å². The predicted octanol–water partition coefficient (Wildman–Crippen LogP) is -3.56. The molecule has 21 nitrogen and oxygen atoms in total. The number of ether oxygens (including phenoxy) is 5. The molecular weight excluding hydrogens is 897 g/mol. The van der Waals surface area contributed by atoms with Crippen LogP contribution in [0.5, 0.6) is 0 Å². The molecule has 16 N–H and O–H groups in total. The van der Waals surface area contributed by atoms with Crippen LogP contribution in [0.1, 0.15) is 110 Å². The van der Waals surface area contributed by atoms with Crippen LogP contribution >= 0.6 is 11.8 Å². The summed E-state index contributed by atoms with van der Waals surface area (Å²) in [7, 11) is 0. The molecule has 0 spiro atoms. The fourth-order valence-electron chi connectivity index (χ4n) is 10.1. The molecule has 18 atom stereocenters. The van der Waals surface area contributed by atoms with E-state index in [9.17, 15) is 81.7 Å². The van der Waals surface area contributed by atoms with Crippen LogP contribution in [0.4, 0.5) is 0 Å². The molecule has 0 aromatic heterocycles. The van der Waals surface area contributed by atoms with Gasteiger partial charge in [-0.1, -0.05) is 103 Å². The van der Waals surface area contributed by atoms with E-state index in [0.29, 0.717) is 5.75 Å². The molecular formula is C44H82O21S. The second kappa shape index (κ2) is 26.3. The normalized spacial score (nSPS) is 42.7. The maximum absolute atomic E-state index is 12.4. The second-order valence-electron chi connectivity index (χ2n) is 18.9. The molecule has 390 valence electrons. The Morgan fingerprint density at radius 3 is 1.64 bits per heavy atom. The third-order valence-corrected chi connectivity index (χ3v) is 15.5. The van der Waals surface area contributed by atoms with Crippen LogP contribution in [-0.2, 0) is 23.7 Å². The molecule has 4 aliphatic rings. The standard InChI is InChI=1S/C44H82O21S/c1-2-3-4-5-6-7-8-9-10-11-12-13-14-15-16-17-19-66-20-18-61-39-44(60,36(53)31(49)28(21-45)65-39)43(59)30(23-47)63-25-40(56,38(43)55)37(54)33-32(50)35(52)41(57,26-64-33)42(58)29(22-46)62-24-27(48)34(42)51/h27-39,45-60H,2-26H2,1H3/t27-,28+,29+,30+,31+,32+,33-,34+,35-,36-,37?,38+,39-,40+,41-,42-,43-,44+/m0/s1. The predicted molar refractivity (Wildman–Crippen MR) is 235 cm³/mol. The number of thioether (sulfide) groups is 1.